The summed E-state index contributed by atoms with van der Waals surface area (Å²) in [4.78, 5) is 15.5. The van der Waals surface area contributed by atoms with E-state index in [-0.39, 0.29) is 11.4 Å². The summed E-state index contributed by atoms with van der Waals surface area (Å²) in [5, 5.41) is 10.6. The van der Waals surface area contributed by atoms with E-state index in [0.29, 0.717) is 15.7 Å². The molecule has 2 rings (SSSR count). The third-order valence-corrected chi connectivity index (χ3v) is 3.58. The molecule has 1 N–H and O–H groups in total. The van der Waals surface area contributed by atoms with E-state index in [1.54, 1.807) is 24.3 Å². The maximum absolute atomic E-state index is 11.5. The van der Waals surface area contributed by atoms with Crippen molar-refractivity contribution >= 4 is 40.8 Å². The Balaban J connectivity index is 2.31. The number of hydrogen-bond donors (Lipinski definition) is 1. The molecule has 0 radical (unpaired) electrons. The largest absolute Gasteiger partial charge is 0.481 e. The van der Waals surface area contributed by atoms with Crippen molar-refractivity contribution in [1.29, 1.82) is 0 Å². The molecule has 104 valence electrons. The molecule has 0 saturated carbocycles. The van der Waals surface area contributed by atoms with Crippen LogP contribution in [-0.4, -0.2) is 16.1 Å². The third-order valence-electron chi connectivity index (χ3n) is 2.82. The van der Waals surface area contributed by atoms with Crippen LogP contribution in [0.3, 0.4) is 0 Å². The number of carboxylic acids is 1. The molecule has 0 aliphatic rings. The monoisotopic (exact) mass is 329 g/mol. The lowest BCUT2D eigenvalue weighted by molar-refractivity contribution is -0.138. The van der Waals surface area contributed by atoms with Crippen molar-refractivity contribution in [2.24, 2.45) is 0 Å². The fourth-order valence-corrected chi connectivity index (χ4v) is 2.48. The van der Waals surface area contributed by atoms with E-state index in [2.05, 4.69) is 4.98 Å². The molecule has 1 aromatic heterocycles. The van der Waals surface area contributed by atoms with Gasteiger partial charge in [-0.2, -0.15) is 0 Å². The van der Waals surface area contributed by atoms with Crippen LogP contribution < -0.4 is 0 Å². The molecular formula is C14H10Cl3NO2. The quantitative estimate of drug-likeness (QED) is 0.901. The summed E-state index contributed by atoms with van der Waals surface area (Å²) in [6, 6.07) is 8.48. The summed E-state index contributed by atoms with van der Waals surface area (Å²) in [5.74, 6) is -1.82. The molecule has 0 aliphatic heterocycles. The Labute approximate surface area is 131 Å². The van der Waals surface area contributed by atoms with Gasteiger partial charge in [-0.3, -0.25) is 9.78 Å². The zero-order valence-corrected chi connectivity index (χ0v) is 12.5. The fraction of sp³-hybridized carbons (Fsp3) is 0.143. The Bertz CT molecular complexity index is 629. The number of nitrogens with zero attached hydrogens (tertiary/aromatic N) is 1. The van der Waals surface area contributed by atoms with Gasteiger partial charge in [-0.15, -0.1) is 0 Å². The summed E-state index contributed by atoms with van der Waals surface area (Å²) in [5.41, 5.74) is 1.15. The lowest BCUT2D eigenvalue weighted by Gasteiger charge is -2.13. The number of pyridine rings is 1. The zero-order valence-electron chi connectivity index (χ0n) is 10.2. The summed E-state index contributed by atoms with van der Waals surface area (Å²) in [6.45, 7) is 0. The first kappa shape index (κ1) is 15.1. The van der Waals surface area contributed by atoms with Gasteiger partial charge in [-0.25, -0.2) is 0 Å². The van der Waals surface area contributed by atoms with Gasteiger partial charge in [-0.1, -0.05) is 46.9 Å². The highest BCUT2D eigenvalue weighted by Crippen LogP contribution is 2.28. The average Bonchev–Trinajstić information content (AvgIpc) is 2.39. The Hall–Kier alpha value is -1.29. The van der Waals surface area contributed by atoms with Crippen LogP contribution >= 0.6 is 34.8 Å². The minimum atomic E-state index is -0.989. The molecule has 0 fully saturated rings. The highest BCUT2D eigenvalue weighted by Gasteiger charge is 2.24. The van der Waals surface area contributed by atoms with E-state index in [4.69, 9.17) is 34.8 Å². The number of aromatic nitrogens is 1. The van der Waals surface area contributed by atoms with Gasteiger partial charge in [-0.05, 0) is 30.2 Å². The van der Waals surface area contributed by atoms with Crippen molar-refractivity contribution in [3.63, 3.8) is 0 Å². The van der Waals surface area contributed by atoms with Gasteiger partial charge >= 0.3 is 5.97 Å². The highest BCUT2D eigenvalue weighted by atomic mass is 35.5. The molecule has 0 bridgehead atoms. The van der Waals surface area contributed by atoms with Crippen molar-refractivity contribution in [2.75, 3.05) is 0 Å². The van der Waals surface area contributed by atoms with Gasteiger partial charge < -0.3 is 5.11 Å². The molecule has 6 heteroatoms. The number of hydrogen-bond acceptors (Lipinski definition) is 2. The van der Waals surface area contributed by atoms with Crippen molar-refractivity contribution in [3.8, 4) is 0 Å². The van der Waals surface area contributed by atoms with E-state index in [1.165, 1.54) is 12.3 Å². The van der Waals surface area contributed by atoms with Gasteiger partial charge in [0.1, 0.15) is 5.92 Å². The summed E-state index contributed by atoms with van der Waals surface area (Å²) in [7, 11) is 0. The maximum atomic E-state index is 11.5. The van der Waals surface area contributed by atoms with Crippen LogP contribution in [-0.2, 0) is 11.2 Å². The molecule has 0 aliphatic carbocycles. The predicted octanol–water partition coefficient (Wildman–Crippen LogP) is 4.45. The Kier molecular flexibility index (Phi) is 4.86. The lowest BCUT2D eigenvalue weighted by atomic mass is 9.96. The Morgan fingerprint density at radius 3 is 2.35 bits per heavy atom. The second-order valence-corrected chi connectivity index (χ2v) is 5.52. The summed E-state index contributed by atoms with van der Waals surface area (Å²) in [6.07, 6.45) is 1.67. The molecule has 0 spiro atoms. The first-order valence-corrected chi connectivity index (χ1v) is 6.89. The van der Waals surface area contributed by atoms with Crippen LogP contribution in [0, 0.1) is 0 Å². The van der Waals surface area contributed by atoms with Gasteiger partial charge in [0, 0.05) is 11.2 Å². The predicted molar refractivity (Wildman–Crippen MR) is 79.8 cm³/mol. The topological polar surface area (TPSA) is 50.2 Å². The van der Waals surface area contributed by atoms with Crippen LogP contribution in [0.1, 0.15) is 17.2 Å². The second-order valence-electron chi connectivity index (χ2n) is 4.24. The van der Waals surface area contributed by atoms with Crippen LogP contribution in [0.5, 0.6) is 0 Å². The van der Waals surface area contributed by atoms with Gasteiger partial charge in [0.15, 0.2) is 0 Å². The van der Waals surface area contributed by atoms with Crippen molar-refractivity contribution < 1.29 is 9.90 Å². The highest BCUT2D eigenvalue weighted by molar-refractivity contribution is 6.35. The van der Waals surface area contributed by atoms with E-state index < -0.39 is 11.9 Å². The Morgan fingerprint density at radius 1 is 1.15 bits per heavy atom. The molecule has 0 saturated heterocycles. The molecule has 1 aromatic carbocycles. The van der Waals surface area contributed by atoms with Crippen molar-refractivity contribution in [1.82, 2.24) is 4.98 Å². The maximum Gasteiger partial charge on any atom is 0.312 e. The van der Waals surface area contributed by atoms with E-state index in [9.17, 15) is 9.90 Å². The smallest absolute Gasteiger partial charge is 0.312 e. The SMILES string of the molecule is O=C(O)C(Cc1ccc(Cl)cc1)c1ncc(Cl)cc1Cl. The minimum absolute atomic E-state index is 0.249. The standard InChI is InChI=1S/C14H10Cl3NO2/c15-9-3-1-8(2-4-9)5-11(14(19)20)13-12(17)6-10(16)7-18-13/h1-4,6-7,11H,5H2,(H,19,20). The molecule has 1 unspecified atom stereocenters. The second kappa shape index (κ2) is 6.44. The van der Waals surface area contributed by atoms with Crippen molar-refractivity contribution in [3.05, 3.63) is 62.9 Å². The van der Waals surface area contributed by atoms with Crippen molar-refractivity contribution in [2.45, 2.75) is 12.3 Å². The number of carboxylic acid groups (broad SMARTS) is 1. The van der Waals surface area contributed by atoms with Crippen LogP contribution in [0.2, 0.25) is 15.1 Å². The number of aliphatic carboxylic acids is 1. The number of halogens is 3. The van der Waals surface area contributed by atoms with E-state index >= 15 is 0 Å². The van der Waals surface area contributed by atoms with Gasteiger partial charge in [0.05, 0.1) is 15.7 Å². The first-order chi connectivity index (χ1) is 9.47. The molecule has 1 atom stereocenters. The van der Waals surface area contributed by atoms with E-state index in [1.807, 2.05) is 0 Å². The summed E-state index contributed by atoms with van der Waals surface area (Å²) < 4.78 is 0. The molecular weight excluding hydrogens is 321 g/mol. The van der Waals surface area contributed by atoms with Gasteiger partial charge in [0.25, 0.3) is 0 Å². The normalized spacial score (nSPS) is 12.2. The van der Waals surface area contributed by atoms with Crippen LogP contribution in [0.15, 0.2) is 36.5 Å². The molecule has 0 amide bonds. The fourth-order valence-electron chi connectivity index (χ4n) is 1.84. The van der Waals surface area contributed by atoms with Crippen LogP contribution in [0.4, 0.5) is 0 Å². The zero-order chi connectivity index (χ0) is 14.7. The third kappa shape index (κ3) is 3.63. The molecule has 1 heterocycles. The minimum Gasteiger partial charge on any atom is -0.481 e. The molecule has 3 nitrogen and oxygen atoms in total. The molecule has 2 aromatic rings. The number of benzene rings is 1. The Morgan fingerprint density at radius 2 is 1.80 bits per heavy atom. The average molecular weight is 331 g/mol. The first-order valence-electron chi connectivity index (χ1n) is 5.75. The van der Waals surface area contributed by atoms with E-state index in [0.717, 1.165) is 5.56 Å². The number of carbonyl (C=O) groups is 1. The van der Waals surface area contributed by atoms with Gasteiger partial charge in [0.2, 0.25) is 0 Å². The van der Waals surface area contributed by atoms with Crippen LogP contribution in [0.25, 0.3) is 0 Å². The molecule has 20 heavy (non-hydrogen) atoms. The number of rotatable bonds is 4. The summed E-state index contributed by atoms with van der Waals surface area (Å²) >= 11 is 17.6. The lowest BCUT2D eigenvalue weighted by Crippen LogP contribution is -2.16.